The SMILES string of the molecule is CCNc1cc2oc(=O)c(C[NH+]3CCCCC3)c(C)c2cc1C. The van der Waals surface area contributed by atoms with Gasteiger partial charge in [-0.15, -0.1) is 0 Å². The Kier molecular flexibility index (Phi) is 4.71. The third-order valence-electron chi connectivity index (χ3n) is 4.99. The Morgan fingerprint density at radius 3 is 2.61 bits per heavy atom. The highest BCUT2D eigenvalue weighted by Crippen LogP contribution is 2.26. The first kappa shape index (κ1) is 16.1. The molecule has 1 aliphatic heterocycles. The zero-order valence-electron chi connectivity index (χ0n) is 14.4. The number of quaternary nitrogens is 1. The van der Waals surface area contributed by atoms with E-state index in [1.807, 2.05) is 6.07 Å². The van der Waals surface area contributed by atoms with Crippen LogP contribution < -0.4 is 15.8 Å². The van der Waals surface area contributed by atoms with Gasteiger partial charge >= 0.3 is 5.63 Å². The van der Waals surface area contributed by atoms with Gasteiger partial charge in [0, 0.05) is 23.7 Å². The minimum Gasteiger partial charge on any atom is -0.422 e. The van der Waals surface area contributed by atoms with Gasteiger partial charge in [0.15, 0.2) is 0 Å². The van der Waals surface area contributed by atoms with E-state index in [0.29, 0.717) is 5.58 Å². The molecular formula is C19H27N2O2+. The molecule has 0 spiro atoms. The molecule has 0 aliphatic carbocycles. The molecule has 0 radical (unpaired) electrons. The maximum absolute atomic E-state index is 12.5. The van der Waals surface area contributed by atoms with Crippen molar-refractivity contribution in [1.29, 1.82) is 0 Å². The van der Waals surface area contributed by atoms with Crippen molar-refractivity contribution < 1.29 is 9.32 Å². The lowest BCUT2D eigenvalue weighted by Gasteiger charge is -2.23. The molecule has 1 aromatic carbocycles. The van der Waals surface area contributed by atoms with E-state index in [1.165, 1.54) is 29.7 Å². The fourth-order valence-electron chi connectivity index (χ4n) is 3.61. The van der Waals surface area contributed by atoms with E-state index in [9.17, 15) is 4.79 Å². The van der Waals surface area contributed by atoms with Crippen LogP contribution >= 0.6 is 0 Å². The first-order chi connectivity index (χ1) is 11.1. The van der Waals surface area contributed by atoms with Crippen molar-refractivity contribution in [2.75, 3.05) is 25.0 Å². The van der Waals surface area contributed by atoms with Crippen LogP contribution in [0.5, 0.6) is 0 Å². The second kappa shape index (κ2) is 6.75. The van der Waals surface area contributed by atoms with Gasteiger partial charge in [0.05, 0.1) is 18.7 Å². The topological polar surface area (TPSA) is 46.7 Å². The van der Waals surface area contributed by atoms with Crippen LogP contribution in [0.2, 0.25) is 0 Å². The summed E-state index contributed by atoms with van der Waals surface area (Å²) in [4.78, 5) is 14.0. The molecule has 3 rings (SSSR count). The average molecular weight is 315 g/mol. The predicted molar refractivity (Wildman–Crippen MR) is 94.4 cm³/mol. The van der Waals surface area contributed by atoms with Crippen LogP contribution in [0.15, 0.2) is 21.3 Å². The van der Waals surface area contributed by atoms with Crippen molar-refractivity contribution in [3.05, 3.63) is 39.2 Å². The van der Waals surface area contributed by atoms with Gasteiger partial charge in [-0.05, 0) is 57.2 Å². The summed E-state index contributed by atoms with van der Waals surface area (Å²) in [7, 11) is 0. The van der Waals surface area contributed by atoms with Crippen LogP contribution in [0.1, 0.15) is 42.9 Å². The Morgan fingerprint density at radius 2 is 1.91 bits per heavy atom. The number of hydrogen-bond donors (Lipinski definition) is 2. The summed E-state index contributed by atoms with van der Waals surface area (Å²) in [5, 5.41) is 4.39. The van der Waals surface area contributed by atoms with E-state index in [4.69, 9.17) is 4.42 Å². The van der Waals surface area contributed by atoms with Crippen LogP contribution in [0.25, 0.3) is 11.0 Å². The summed E-state index contributed by atoms with van der Waals surface area (Å²) in [6.07, 6.45) is 3.85. The molecule has 23 heavy (non-hydrogen) atoms. The van der Waals surface area contributed by atoms with E-state index in [0.717, 1.165) is 48.4 Å². The second-order valence-electron chi connectivity index (χ2n) is 6.67. The third-order valence-corrected chi connectivity index (χ3v) is 4.99. The number of nitrogens with one attached hydrogen (secondary N) is 2. The van der Waals surface area contributed by atoms with Crippen molar-refractivity contribution in [2.45, 2.75) is 46.6 Å². The third kappa shape index (κ3) is 3.27. The maximum atomic E-state index is 12.5. The summed E-state index contributed by atoms with van der Waals surface area (Å²) >= 11 is 0. The van der Waals surface area contributed by atoms with Crippen molar-refractivity contribution in [3.63, 3.8) is 0 Å². The van der Waals surface area contributed by atoms with Crippen LogP contribution in [-0.4, -0.2) is 19.6 Å². The number of hydrogen-bond acceptors (Lipinski definition) is 3. The van der Waals surface area contributed by atoms with E-state index in [2.05, 4.69) is 32.2 Å². The van der Waals surface area contributed by atoms with Gasteiger partial charge in [-0.2, -0.15) is 0 Å². The molecule has 1 aliphatic rings. The Bertz CT molecular complexity index is 758. The molecule has 0 amide bonds. The number of benzene rings is 1. The summed E-state index contributed by atoms with van der Waals surface area (Å²) in [6, 6.07) is 4.10. The molecule has 0 atom stereocenters. The van der Waals surface area contributed by atoms with Crippen molar-refractivity contribution >= 4 is 16.7 Å². The Hall–Kier alpha value is -1.81. The molecule has 1 aromatic heterocycles. The molecule has 1 fully saturated rings. The number of aryl methyl sites for hydroxylation is 2. The van der Waals surface area contributed by atoms with Gasteiger partial charge < -0.3 is 14.6 Å². The fourth-order valence-corrected chi connectivity index (χ4v) is 3.61. The summed E-state index contributed by atoms with van der Waals surface area (Å²) in [5.74, 6) is 0. The fraction of sp³-hybridized carbons (Fsp3) is 0.526. The monoisotopic (exact) mass is 315 g/mol. The van der Waals surface area contributed by atoms with Crippen LogP contribution in [-0.2, 0) is 6.54 Å². The van der Waals surface area contributed by atoms with Gasteiger partial charge in [0.1, 0.15) is 12.1 Å². The second-order valence-corrected chi connectivity index (χ2v) is 6.67. The van der Waals surface area contributed by atoms with Gasteiger partial charge in [-0.25, -0.2) is 4.79 Å². The molecule has 1 saturated heterocycles. The molecule has 0 unspecified atom stereocenters. The molecular weight excluding hydrogens is 288 g/mol. The van der Waals surface area contributed by atoms with Crippen LogP contribution in [0.4, 0.5) is 5.69 Å². The lowest BCUT2D eigenvalue weighted by molar-refractivity contribution is -0.918. The first-order valence-corrected chi connectivity index (χ1v) is 8.74. The van der Waals surface area contributed by atoms with E-state index in [-0.39, 0.29) is 5.63 Å². The van der Waals surface area contributed by atoms with Gasteiger partial charge in [-0.1, -0.05) is 0 Å². The molecule has 4 heteroatoms. The standard InChI is InChI=1S/C19H26N2O2/c1-4-20-17-11-18-15(10-13(17)2)14(3)16(19(22)23-18)12-21-8-6-5-7-9-21/h10-11,20H,4-9,12H2,1-3H3/p+1. The summed E-state index contributed by atoms with van der Waals surface area (Å²) < 4.78 is 5.65. The molecule has 2 heterocycles. The normalized spacial score (nSPS) is 16.0. The predicted octanol–water partition coefficient (Wildman–Crippen LogP) is 2.41. The number of anilines is 1. The Morgan fingerprint density at radius 1 is 1.17 bits per heavy atom. The molecule has 4 nitrogen and oxygen atoms in total. The largest absolute Gasteiger partial charge is 0.422 e. The van der Waals surface area contributed by atoms with E-state index >= 15 is 0 Å². The quantitative estimate of drug-likeness (QED) is 0.852. The summed E-state index contributed by atoms with van der Waals surface area (Å²) in [5.41, 5.74) is 4.68. The zero-order chi connectivity index (χ0) is 16.4. The zero-order valence-corrected chi connectivity index (χ0v) is 14.4. The number of piperidine rings is 1. The average Bonchev–Trinajstić information content (AvgIpc) is 2.54. The Labute approximate surface area is 137 Å². The van der Waals surface area contributed by atoms with E-state index < -0.39 is 0 Å². The van der Waals surface area contributed by atoms with Crippen LogP contribution in [0.3, 0.4) is 0 Å². The molecule has 124 valence electrons. The first-order valence-electron chi connectivity index (χ1n) is 8.74. The number of rotatable bonds is 4. The summed E-state index contributed by atoms with van der Waals surface area (Å²) in [6.45, 7) is 10.2. The van der Waals surface area contributed by atoms with Crippen molar-refractivity contribution in [3.8, 4) is 0 Å². The van der Waals surface area contributed by atoms with Gasteiger partial charge in [0.25, 0.3) is 0 Å². The van der Waals surface area contributed by atoms with Crippen molar-refractivity contribution in [1.82, 2.24) is 0 Å². The highest BCUT2D eigenvalue weighted by Gasteiger charge is 2.20. The lowest BCUT2D eigenvalue weighted by Crippen LogP contribution is -3.11. The molecule has 2 N–H and O–H groups in total. The molecule has 0 bridgehead atoms. The van der Waals surface area contributed by atoms with Gasteiger partial charge in [0.2, 0.25) is 0 Å². The van der Waals surface area contributed by atoms with Crippen molar-refractivity contribution in [2.24, 2.45) is 0 Å². The highest BCUT2D eigenvalue weighted by atomic mass is 16.4. The lowest BCUT2D eigenvalue weighted by atomic mass is 10.0. The van der Waals surface area contributed by atoms with Gasteiger partial charge in [-0.3, -0.25) is 0 Å². The molecule has 2 aromatic rings. The highest BCUT2D eigenvalue weighted by molar-refractivity contribution is 5.85. The number of fused-ring (bicyclic) bond motifs is 1. The minimum atomic E-state index is -0.167. The Balaban J connectivity index is 2.02. The van der Waals surface area contributed by atoms with Crippen LogP contribution in [0, 0.1) is 13.8 Å². The molecule has 0 saturated carbocycles. The minimum absolute atomic E-state index is 0.167. The number of likely N-dealkylation sites (tertiary alicyclic amines) is 1. The van der Waals surface area contributed by atoms with E-state index in [1.54, 1.807) is 0 Å². The maximum Gasteiger partial charge on any atom is 0.345 e. The smallest absolute Gasteiger partial charge is 0.345 e.